The molecule has 1 aromatic heterocycles. The number of ether oxygens (including phenoxy) is 1. The second kappa shape index (κ2) is 7.70. The molecule has 1 fully saturated rings. The summed E-state index contributed by atoms with van der Waals surface area (Å²) in [5, 5.41) is 7.24. The molecule has 1 aromatic carbocycles. The normalized spacial score (nSPS) is 17.3. The van der Waals surface area contributed by atoms with Gasteiger partial charge in [-0.1, -0.05) is 12.1 Å². The third-order valence-corrected chi connectivity index (χ3v) is 4.83. The highest BCUT2D eigenvalue weighted by molar-refractivity contribution is 5.95. The average molecular weight is 356 g/mol. The maximum absolute atomic E-state index is 12.7. The van der Waals surface area contributed by atoms with E-state index in [4.69, 9.17) is 10.5 Å². The zero-order valence-electron chi connectivity index (χ0n) is 15.1. The Balaban J connectivity index is 1.78. The molecule has 2 heterocycles. The number of methoxy groups -OCH3 is 1. The Morgan fingerprint density at radius 3 is 2.73 bits per heavy atom. The van der Waals surface area contributed by atoms with E-state index in [0.29, 0.717) is 25.3 Å². The molecule has 3 rings (SSSR count). The van der Waals surface area contributed by atoms with Gasteiger partial charge in [0, 0.05) is 37.0 Å². The number of nitrogens with two attached hydrogens (primary N) is 1. The fourth-order valence-corrected chi connectivity index (χ4v) is 3.46. The predicted octanol–water partition coefficient (Wildman–Crippen LogP) is 1.87. The van der Waals surface area contributed by atoms with Crippen molar-refractivity contribution < 1.29 is 14.3 Å². The number of nitrogens with one attached hydrogen (secondary N) is 1. The molecule has 26 heavy (non-hydrogen) atoms. The molecule has 3 N–H and O–H groups in total. The fraction of sp³-hybridized carbons (Fsp3) is 0.421. The van der Waals surface area contributed by atoms with Crippen LogP contribution in [0.25, 0.3) is 11.1 Å². The number of benzene rings is 1. The molecule has 1 saturated heterocycles. The van der Waals surface area contributed by atoms with Gasteiger partial charge in [0.25, 0.3) is 5.91 Å². The van der Waals surface area contributed by atoms with E-state index < -0.39 is 0 Å². The molecular formula is C19H24N4O3. The smallest absolute Gasteiger partial charge is 0.253 e. The summed E-state index contributed by atoms with van der Waals surface area (Å²) in [7, 11) is 1.63. The number of nitrogens with zero attached hydrogens (tertiary/aromatic N) is 2. The molecule has 0 bridgehead atoms. The van der Waals surface area contributed by atoms with Gasteiger partial charge in [0.1, 0.15) is 0 Å². The summed E-state index contributed by atoms with van der Waals surface area (Å²) in [6.45, 7) is 3.43. The minimum Gasteiger partial charge on any atom is -0.378 e. The minimum atomic E-state index is -0.334. The van der Waals surface area contributed by atoms with Crippen LogP contribution < -0.4 is 5.73 Å². The van der Waals surface area contributed by atoms with Crippen molar-refractivity contribution in [2.75, 3.05) is 20.2 Å². The number of hydrogen-bond acceptors (Lipinski definition) is 4. The standard InChI is InChI=1S/C19H24N4O3/c1-12-17(16(11-26-2)22-21-12)13-5-7-14(8-6-13)19(25)23-9-3-4-15(10-23)18(20)24/h5-8,15H,3-4,9-11H2,1-2H3,(H2,20,24)(H,21,22)/t15-/m0/s1. The van der Waals surface area contributed by atoms with E-state index in [1.807, 2.05) is 31.2 Å². The number of piperidine rings is 1. The first-order valence-electron chi connectivity index (χ1n) is 8.73. The van der Waals surface area contributed by atoms with Crippen LogP contribution in [0, 0.1) is 12.8 Å². The summed E-state index contributed by atoms with van der Waals surface area (Å²) in [6.07, 6.45) is 1.55. The van der Waals surface area contributed by atoms with Crippen LogP contribution in [0.2, 0.25) is 0 Å². The molecule has 1 aliphatic heterocycles. The zero-order valence-corrected chi connectivity index (χ0v) is 15.1. The first-order chi connectivity index (χ1) is 12.5. The van der Waals surface area contributed by atoms with Gasteiger partial charge < -0.3 is 15.4 Å². The molecule has 2 amide bonds. The topological polar surface area (TPSA) is 101 Å². The van der Waals surface area contributed by atoms with Gasteiger partial charge in [-0.05, 0) is 37.5 Å². The number of carbonyl (C=O) groups excluding carboxylic acids is 2. The van der Waals surface area contributed by atoms with E-state index in [0.717, 1.165) is 35.4 Å². The Morgan fingerprint density at radius 2 is 2.08 bits per heavy atom. The monoisotopic (exact) mass is 356 g/mol. The maximum Gasteiger partial charge on any atom is 0.253 e. The zero-order chi connectivity index (χ0) is 18.7. The van der Waals surface area contributed by atoms with E-state index in [1.165, 1.54) is 0 Å². The molecule has 1 atom stereocenters. The Hall–Kier alpha value is -2.67. The molecule has 0 radical (unpaired) electrons. The number of rotatable bonds is 5. The number of H-pyrrole nitrogens is 1. The van der Waals surface area contributed by atoms with Crippen LogP contribution in [0.1, 0.15) is 34.6 Å². The minimum absolute atomic E-state index is 0.0662. The van der Waals surface area contributed by atoms with Crippen molar-refractivity contribution in [2.45, 2.75) is 26.4 Å². The molecule has 0 unspecified atom stereocenters. The van der Waals surface area contributed by atoms with Crippen molar-refractivity contribution in [3.05, 3.63) is 41.2 Å². The number of aryl methyl sites for hydroxylation is 1. The first kappa shape index (κ1) is 18.1. The lowest BCUT2D eigenvalue weighted by Gasteiger charge is -2.31. The van der Waals surface area contributed by atoms with Gasteiger partial charge >= 0.3 is 0 Å². The van der Waals surface area contributed by atoms with Gasteiger partial charge in [-0.25, -0.2) is 0 Å². The third kappa shape index (κ3) is 3.62. The lowest BCUT2D eigenvalue weighted by molar-refractivity contribution is -0.123. The largest absolute Gasteiger partial charge is 0.378 e. The highest BCUT2D eigenvalue weighted by Crippen LogP contribution is 2.27. The number of aromatic nitrogens is 2. The average Bonchev–Trinajstić information content (AvgIpc) is 3.02. The summed E-state index contributed by atoms with van der Waals surface area (Å²) in [6, 6.07) is 7.46. The number of aromatic amines is 1. The third-order valence-electron chi connectivity index (χ3n) is 4.83. The van der Waals surface area contributed by atoms with Crippen LogP contribution in [0.4, 0.5) is 0 Å². The van der Waals surface area contributed by atoms with Crippen molar-refractivity contribution in [3.63, 3.8) is 0 Å². The van der Waals surface area contributed by atoms with Crippen molar-refractivity contribution in [2.24, 2.45) is 11.7 Å². The van der Waals surface area contributed by atoms with Crippen LogP contribution in [0.5, 0.6) is 0 Å². The van der Waals surface area contributed by atoms with Gasteiger partial charge in [0.2, 0.25) is 5.91 Å². The predicted molar refractivity (Wildman–Crippen MR) is 97.3 cm³/mol. The van der Waals surface area contributed by atoms with Gasteiger partial charge in [-0.15, -0.1) is 0 Å². The molecule has 7 heteroatoms. The fourth-order valence-electron chi connectivity index (χ4n) is 3.46. The Labute approximate surface area is 152 Å². The number of hydrogen-bond donors (Lipinski definition) is 2. The van der Waals surface area contributed by atoms with Gasteiger partial charge in [-0.3, -0.25) is 14.7 Å². The van der Waals surface area contributed by atoms with Crippen LogP contribution >= 0.6 is 0 Å². The van der Waals surface area contributed by atoms with Crippen LogP contribution in [-0.4, -0.2) is 47.1 Å². The Bertz CT molecular complexity index is 798. The summed E-state index contributed by atoms with van der Waals surface area (Å²) >= 11 is 0. The van der Waals surface area contributed by atoms with E-state index in [2.05, 4.69) is 10.2 Å². The van der Waals surface area contributed by atoms with E-state index in [1.54, 1.807) is 12.0 Å². The number of amides is 2. The van der Waals surface area contributed by atoms with Crippen molar-refractivity contribution in [3.8, 4) is 11.1 Å². The molecule has 2 aromatic rings. The Kier molecular flexibility index (Phi) is 5.37. The Morgan fingerprint density at radius 1 is 1.35 bits per heavy atom. The van der Waals surface area contributed by atoms with E-state index in [-0.39, 0.29) is 17.7 Å². The summed E-state index contributed by atoms with van der Waals surface area (Å²) < 4.78 is 5.19. The summed E-state index contributed by atoms with van der Waals surface area (Å²) in [5.74, 6) is -0.653. The van der Waals surface area contributed by atoms with Crippen molar-refractivity contribution in [1.82, 2.24) is 15.1 Å². The molecule has 0 spiro atoms. The van der Waals surface area contributed by atoms with E-state index >= 15 is 0 Å². The lowest BCUT2D eigenvalue weighted by atomic mass is 9.96. The maximum atomic E-state index is 12.7. The molecule has 1 aliphatic rings. The first-order valence-corrected chi connectivity index (χ1v) is 8.73. The van der Waals surface area contributed by atoms with Crippen LogP contribution in [0.3, 0.4) is 0 Å². The number of likely N-dealkylation sites (tertiary alicyclic amines) is 1. The summed E-state index contributed by atoms with van der Waals surface area (Å²) in [5.41, 5.74) is 9.77. The molecular weight excluding hydrogens is 332 g/mol. The van der Waals surface area contributed by atoms with Gasteiger partial charge in [0.05, 0.1) is 18.2 Å². The lowest BCUT2D eigenvalue weighted by Crippen LogP contribution is -2.44. The summed E-state index contributed by atoms with van der Waals surface area (Å²) in [4.78, 5) is 25.9. The highest BCUT2D eigenvalue weighted by atomic mass is 16.5. The number of carbonyl (C=O) groups is 2. The molecule has 0 aliphatic carbocycles. The van der Waals surface area contributed by atoms with Gasteiger partial charge in [-0.2, -0.15) is 5.10 Å². The van der Waals surface area contributed by atoms with Crippen molar-refractivity contribution in [1.29, 1.82) is 0 Å². The molecule has 138 valence electrons. The van der Waals surface area contributed by atoms with Crippen LogP contribution in [0.15, 0.2) is 24.3 Å². The second-order valence-electron chi connectivity index (χ2n) is 6.67. The SMILES string of the molecule is COCc1n[nH]c(C)c1-c1ccc(C(=O)N2CCC[C@H](C(N)=O)C2)cc1. The van der Waals surface area contributed by atoms with Crippen molar-refractivity contribution >= 4 is 11.8 Å². The van der Waals surface area contributed by atoms with Gasteiger partial charge in [0.15, 0.2) is 0 Å². The van der Waals surface area contributed by atoms with E-state index in [9.17, 15) is 9.59 Å². The van der Waals surface area contributed by atoms with Crippen LogP contribution in [-0.2, 0) is 16.1 Å². The number of primary amides is 1. The molecule has 0 saturated carbocycles. The highest BCUT2D eigenvalue weighted by Gasteiger charge is 2.27. The molecule has 7 nitrogen and oxygen atoms in total. The quantitative estimate of drug-likeness (QED) is 0.854. The second-order valence-corrected chi connectivity index (χ2v) is 6.67.